The number of nitrogen functional groups attached to an aromatic ring is 2. The van der Waals surface area contributed by atoms with Crippen LogP contribution in [0.25, 0.3) is 43.6 Å². The molecule has 2 aliphatic rings. The van der Waals surface area contributed by atoms with Crippen LogP contribution >= 0.6 is 0 Å². The molecule has 0 saturated carbocycles. The molecule has 19 heteroatoms. The van der Waals surface area contributed by atoms with Gasteiger partial charge in [-0.2, -0.15) is 10.2 Å². The van der Waals surface area contributed by atoms with Gasteiger partial charge in [0.1, 0.15) is 22.2 Å². The number of piperazine rings is 2. The van der Waals surface area contributed by atoms with E-state index in [2.05, 4.69) is 103 Å². The topological polar surface area (TPSA) is 227 Å². The number of carbonyl (C=O) groups excluding carboxylic acids is 2. The van der Waals surface area contributed by atoms with Crippen LogP contribution in [0.4, 0.5) is 23.0 Å². The van der Waals surface area contributed by atoms with Crippen molar-refractivity contribution in [2.45, 2.75) is 133 Å². The Labute approximate surface area is 445 Å². The van der Waals surface area contributed by atoms with Crippen LogP contribution < -0.4 is 26.6 Å². The van der Waals surface area contributed by atoms with Crippen LogP contribution in [0.5, 0.6) is 0 Å². The first-order valence-corrected chi connectivity index (χ1v) is 26.2. The molecule has 0 unspecified atom stereocenters. The number of aliphatic hydroxyl groups excluding tert-OH is 1. The summed E-state index contributed by atoms with van der Waals surface area (Å²) in [7, 11) is 0. The van der Waals surface area contributed by atoms with Crippen molar-refractivity contribution < 1.29 is 33.6 Å². The third-order valence-corrected chi connectivity index (χ3v) is 12.3. The molecular weight excluding hydrogens is 953 g/mol. The zero-order valence-corrected chi connectivity index (χ0v) is 44.8. The zero-order chi connectivity index (χ0) is 52.5. The molecule has 75 heavy (non-hydrogen) atoms. The van der Waals surface area contributed by atoms with E-state index < -0.39 is 11.2 Å². The highest BCUT2D eigenvalue weighted by Gasteiger charge is 2.21. The summed E-state index contributed by atoms with van der Waals surface area (Å²) in [6, 6.07) is 13.0. The molecule has 19 nitrogen and oxygen atoms in total. The molecule has 0 bridgehead atoms. The maximum Gasteiger partial charge on any atom is 0.308 e. The van der Waals surface area contributed by atoms with Gasteiger partial charge in [0.2, 0.25) is 0 Å². The Morgan fingerprint density at radius 1 is 0.613 bits per heavy atom. The molecule has 2 saturated heterocycles. The smallest absolute Gasteiger partial charge is 0.308 e. The largest absolute Gasteiger partial charge is 0.460 e. The predicted octanol–water partition coefficient (Wildman–Crippen LogP) is 8.21. The molecule has 416 valence electrons. The number of rotatable bonds is 19. The highest BCUT2D eigenvalue weighted by Crippen LogP contribution is 2.32. The summed E-state index contributed by atoms with van der Waals surface area (Å²) in [4.78, 5) is 39.3. The van der Waals surface area contributed by atoms with Crippen LogP contribution in [0.3, 0.4) is 0 Å². The highest BCUT2D eigenvalue weighted by atomic mass is 16.6. The van der Waals surface area contributed by atoms with Gasteiger partial charge in [-0.05, 0) is 78.6 Å². The minimum Gasteiger partial charge on any atom is -0.460 e. The molecule has 0 radical (unpaired) electrons. The van der Waals surface area contributed by atoms with E-state index >= 15 is 0 Å². The number of benzene rings is 2. The second-order valence-electron chi connectivity index (χ2n) is 20.6. The van der Waals surface area contributed by atoms with Crippen LogP contribution in [0.1, 0.15) is 109 Å². The molecule has 2 aliphatic heterocycles. The summed E-state index contributed by atoms with van der Waals surface area (Å²) >= 11 is 0. The van der Waals surface area contributed by atoms with Crippen LogP contribution in [0, 0.1) is 0 Å². The SMILES string of the molecule is C.C.CC(C)(C)OC(=O)CCOCCO.CCCCn1cc2c(n1)c(N)nc1cc(N3CCN(CCOCCC(=O)OC(C)(C)C)CC3)ccc12.CCCCn1cc2c(n1)c(N)nc1cc(N3CCNCC3)ccc12. The number of ether oxygens (including phenoxy) is 4. The average molecular weight is 1040 g/mol. The van der Waals surface area contributed by atoms with E-state index in [1.165, 1.54) is 11.4 Å². The Hall–Kier alpha value is -5.86. The van der Waals surface area contributed by atoms with E-state index in [9.17, 15) is 9.59 Å². The molecule has 2 fully saturated rings. The van der Waals surface area contributed by atoms with Gasteiger partial charge in [0.05, 0.1) is 56.9 Å². The van der Waals surface area contributed by atoms with Gasteiger partial charge in [0.25, 0.3) is 0 Å². The molecule has 2 aromatic carbocycles. The number of hydrogen-bond donors (Lipinski definition) is 4. The normalized spacial score (nSPS) is 14.2. The Balaban J connectivity index is 0.000000269. The van der Waals surface area contributed by atoms with Crippen molar-refractivity contribution in [3.8, 4) is 0 Å². The van der Waals surface area contributed by atoms with Crippen molar-refractivity contribution in [2.24, 2.45) is 0 Å². The monoisotopic (exact) mass is 1040 g/mol. The van der Waals surface area contributed by atoms with E-state index in [1.54, 1.807) is 0 Å². The fourth-order valence-corrected chi connectivity index (χ4v) is 8.64. The number of aliphatic hydroxyl groups is 1. The maximum absolute atomic E-state index is 11.8. The molecule has 4 aromatic heterocycles. The molecule has 0 atom stereocenters. The van der Waals surface area contributed by atoms with Gasteiger partial charge >= 0.3 is 11.9 Å². The van der Waals surface area contributed by atoms with Gasteiger partial charge in [-0.15, -0.1) is 0 Å². The first kappa shape index (κ1) is 61.7. The molecular formula is C56H90N12O7. The number of nitrogens with two attached hydrogens (primary N) is 2. The molecule has 6 heterocycles. The summed E-state index contributed by atoms with van der Waals surface area (Å²) in [5.41, 5.74) is 17.4. The Morgan fingerprint density at radius 2 is 1.05 bits per heavy atom. The fourth-order valence-electron chi connectivity index (χ4n) is 8.64. The van der Waals surface area contributed by atoms with Crippen LogP contribution in [-0.4, -0.2) is 155 Å². The van der Waals surface area contributed by atoms with Crippen LogP contribution in [-0.2, 0) is 41.6 Å². The predicted molar refractivity (Wildman–Crippen MR) is 306 cm³/mol. The number of aryl methyl sites for hydroxylation is 2. The number of nitrogens with zero attached hydrogens (tertiary/aromatic N) is 9. The average Bonchev–Trinajstić information content (AvgIpc) is 4.00. The van der Waals surface area contributed by atoms with E-state index in [4.69, 9.17) is 35.5 Å². The van der Waals surface area contributed by atoms with Gasteiger partial charge in [-0.25, -0.2) is 9.97 Å². The van der Waals surface area contributed by atoms with Gasteiger partial charge in [0.15, 0.2) is 11.6 Å². The molecule has 0 amide bonds. The lowest BCUT2D eigenvalue weighted by Gasteiger charge is -2.36. The van der Waals surface area contributed by atoms with Gasteiger partial charge < -0.3 is 50.6 Å². The van der Waals surface area contributed by atoms with Gasteiger partial charge in [-0.1, -0.05) is 53.7 Å². The van der Waals surface area contributed by atoms with Gasteiger partial charge in [0, 0.05) is 117 Å². The Kier molecular flexibility index (Phi) is 24.2. The number of pyridine rings is 2. The lowest BCUT2D eigenvalue weighted by molar-refractivity contribution is -0.157. The molecule has 6 aromatic rings. The minimum atomic E-state index is -0.450. The summed E-state index contributed by atoms with van der Waals surface area (Å²) in [5.74, 6) is 0.519. The Bertz CT molecular complexity index is 2700. The van der Waals surface area contributed by atoms with Crippen molar-refractivity contribution >= 4 is 78.6 Å². The molecule has 0 aliphatic carbocycles. The number of unbranched alkanes of at least 4 members (excludes halogenated alkanes) is 2. The standard InChI is InChI=1S/C27H40N6O3.C18H24N6.C9H18O4.2CH4/c1-5-6-10-33-19-22-21-8-7-20(18-23(21)29-26(28)25(22)30-33)32-13-11-31(12-14-32)15-17-35-16-9-24(34)36-27(2,3)4;1-2-3-8-24-12-15-14-5-4-13(23-9-6-20-7-10-23)11-16(14)21-18(19)17(15)22-24;1-9(2,3)13-8(11)4-6-12-7-5-10;;/h7-8,18-19H,5-6,9-17H2,1-4H3,(H2,28,29);4-5,11-12,20H,2-3,6-10H2,1H3,(H2,19,21);10H,4-7H2,1-3H3;2*1H4. The quantitative estimate of drug-likeness (QED) is 0.0443. The second kappa shape index (κ2) is 29.4. The number of hydrogen-bond acceptors (Lipinski definition) is 17. The first-order chi connectivity index (χ1) is 34.9. The van der Waals surface area contributed by atoms with Crippen molar-refractivity contribution in [1.82, 2.24) is 39.7 Å². The van der Waals surface area contributed by atoms with Crippen LogP contribution in [0.15, 0.2) is 48.8 Å². The maximum atomic E-state index is 11.8. The van der Waals surface area contributed by atoms with Crippen molar-refractivity contribution in [3.63, 3.8) is 0 Å². The summed E-state index contributed by atoms with van der Waals surface area (Å²) in [6.45, 7) is 27.6. The lowest BCUT2D eigenvalue weighted by atomic mass is 10.1. The lowest BCUT2D eigenvalue weighted by Crippen LogP contribution is -2.47. The third kappa shape index (κ3) is 18.7. The number of anilines is 4. The molecule has 6 N–H and O–H groups in total. The van der Waals surface area contributed by atoms with Gasteiger partial charge in [-0.3, -0.25) is 23.9 Å². The third-order valence-electron chi connectivity index (χ3n) is 12.3. The highest BCUT2D eigenvalue weighted by molar-refractivity contribution is 6.09. The van der Waals surface area contributed by atoms with E-state index in [1.807, 2.05) is 50.9 Å². The molecule has 0 spiro atoms. The number of fused-ring (bicyclic) bond motifs is 6. The van der Waals surface area contributed by atoms with Crippen molar-refractivity contribution in [3.05, 3.63) is 48.8 Å². The van der Waals surface area contributed by atoms with Crippen LogP contribution in [0.2, 0.25) is 0 Å². The molecule has 8 rings (SSSR count). The first-order valence-electron chi connectivity index (χ1n) is 26.2. The summed E-state index contributed by atoms with van der Waals surface area (Å²) in [6.07, 6.45) is 9.21. The fraction of sp³-hybridized carbons (Fsp3) is 0.607. The van der Waals surface area contributed by atoms with E-state index in [-0.39, 0.29) is 52.8 Å². The Morgan fingerprint density at radius 3 is 1.48 bits per heavy atom. The minimum absolute atomic E-state index is 0. The summed E-state index contributed by atoms with van der Waals surface area (Å²) in [5, 5.41) is 25.4. The zero-order valence-electron chi connectivity index (χ0n) is 44.8. The number of carbonyl (C=O) groups is 2. The van der Waals surface area contributed by atoms with E-state index in [0.717, 1.165) is 141 Å². The van der Waals surface area contributed by atoms with Crippen molar-refractivity contribution in [1.29, 1.82) is 0 Å². The van der Waals surface area contributed by atoms with E-state index in [0.29, 0.717) is 31.5 Å². The summed E-state index contributed by atoms with van der Waals surface area (Å²) < 4.78 is 24.9. The van der Waals surface area contributed by atoms with Crippen molar-refractivity contribution in [2.75, 3.05) is 113 Å². The second-order valence-corrected chi connectivity index (χ2v) is 20.6. The number of nitrogens with one attached hydrogen (secondary N) is 1. The number of aromatic nitrogens is 6. The number of esters is 2.